The molecule has 0 aromatic heterocycles. The van der Waals surface area contributed by atoms with Gasteiger partial charge in [0.15, 0.2) is 6.61 Å². The molecule has 0 aliphatic rings. The van der Waals surface area contributed by atoms with Gasteiger partial charge in [0.1, 0.15) is 11.8 Å². The van der Waals surface area contributed by atoms with Gasteiger partial charge in [0.05, 0.1) is 0 Å². The van der Waals surface area contributed by atoms with Crippen molar-refractivity contribution in [2.24, 2.45) is 0 Å². The van der Waals surface area contributed by atoms with E-state index in [1.807, 2.05) is 43.3 Å². The summed E-state index contributed by atoms with van der Waals surface area (Å²) < 4.78 is 5.65. The predicted octanol–water partition coefficient (Wildman–Crippen LogP) is 3.83. The summed E-state index contributed by atoms with van der Waals surface area (Å²) in [6.07, 6.45) is 0.941. The first-order valence-corrected chi connectivity index (χ1v) is 9.85. The van der Waals surface area contributed by atoms with E-state index in [9.17, 15) is 9.59 Å². The third-order valence-corrected chi connectivity index (χ3v) is 4.69. The molecule has 0 heterocycles. The Bertz CT molecular complexity index is 793. The number of hydrogen-bond donors (Lipinski definition) is 1. The fraction of sp³-hybridized carbons (Fsp3) is 0.364. The molecule has 0 aliphatic heterocycles. The van der Waals surface area contributed by atoms with Crippen molar-refractivity contribution in [3.05, 3.63) is 64.7 Å². The van der Waals surface area contributed by atoms with Crippen molar-refractivity contribution >= 4 is 23.4 Å². The minimum absolute atomic E-state index is 0.143. The highest BCUT2D eigenvalue weighted by atomic mass is 35.5. The normalized spacial score (nSPS) is 11.6. The van der Waals surface area contributed by atoms with Gasteiger partial charge in [0.2, 0.25) is 5.91 Å². The van der Waals surface area contributed by atoms with Gasteiger partial charge in [-0.05, 0) is 55.7 Å². The molecule has 1 atom stereocenters. The lowest BCUT2D eigenvalue weighted by Gasteiger charge is -2.28. The molecule has 0 bridgehead atoms. The van der Waals surface area contributed by atoms with Crippen LogP contribution >= 0.6 is 11.6 Å². The lowest BCUT2D eigenvalue weighted by molar-refractivity contribution is -0.142. The van der Waals surface area contributed by atoms with Crippen LogP contribution in [0.3, 0.4) is 0 Å². The van der Waals surface area contributed by atoms with Gasteiger partial charge >= 0.3 is 0 Å². The summed E-state index contributed by atoms with van der Waals surface area (Å²) in [5.74, 6) is 0.155. The molecule has 28 heavy (non-hydrogen) atoms. The molecule has 0 radical (unpaired) electrons. The van der Waals surface area contributed by atoms with Gasteiger partial charge in [0.25, 0.3) is 5.91 Å². The number of benzene rings is 2. The second-order valence-electron chi connectivity index (χ2n) is 6.51. The maximum Gasteiger partial charge on any atom is 0.261 e. The topological polar surface area (TPSA) is 58.6 Å². The molecule has 2 aromatic carbocycles. The summed E-state index contributed by atoms with van der Waals surface area (Å²) >= 11 is 6.06. The Labute approximate surface area is 171 Å². The average molecular weight is 403 g/mol. The second kappa shape index (κ2) is 10.7. The van der Waals surface area contributed by atoms with Crippen molar-refractivity contribution in [2.75, 3.05) is 13.2 Å². The number of halogens is 1. The Balaban J connectivity index is 2.11. The second-order valence-corrected chi connectivity index (χ2v) is 6.94. The van der Waals surface area contributed by atoms with E-state index < -0.39 is 6.04 Å². The number of ether oxygens (including phenoxy) is 1. The number of likely N-dealkylation sites (N-methyl/N-ethyl adjacent to an activating group) is 1. The number of nitrogens with zero attached hydrogens (tertiary/aromatic N) is 1. The zero-order chi connectivity index (χ0) is 20.5. The van der Waals surface area contributed by atoms with E-state index in [1.165, 1.54) is 10.5 Å². The van der Waals surface area contributed by atoms with Gasteiger partial charge in [-0.15, -0.1) is 0 Å². The lowest BCUT2D eigenvalue weighted by Crippen LogP contribution is -2.49. The number of hydrogen-bond acceptors (Lipinski definition) is 3. The van der Waals surface area contributed by atoms with E-state index in [2.05, 4.69) is 12.2 Å². The van der Waals surface area contributed by atoms with Crippen LogP contribution in [0.25, 0.3) is 0 Å². The molecule has 5 nitrogen and oxygen atoms in total. The highest BCUT2D eigenvalue weighted by Crippen LogP contribution is 2.16. The van der Waals surface area contributed by atoms with Crippen LogP contribution in [0.5, 0.6) is 5.75 Å². The Hall–Kier alpha value is -2.53. The third-order valence-electron chi connectivity index (χ3n) is 4.45. The molecule has 2 aromatic rings. The van der Waals surface area contributed by atoms with Crippen LogP contribution < -0.4 is 10.1 Å². The molecular weight excluding hydrogens is 376 g/mol. The van der Waals surface area contributed by atoms with Crippen molar-refractivity contribution in [3.63, 3.8) is 0 Å². The van der Waals surface area contributed by atoms with Crippen molar-refractivity contribution < 1.29 is 14.3 Å². The van der Waals surface area contributed by atoms with Crippen LogP contribution in [0.15, 0.2) is 48.5 Å². The molecule has 0 unspecified atom stereocenters. The SMILES string of the molecule is CCNC(=O)[C@H](C)N(Cc1cccc(Cl)c1)C(=O)COc1ccc(CC)cc1. The number of nitrogens with one attached hydrogen (secondary N) is 1. The minimum atomic E-state index is -0.627. The van der Waals surface area contributed by atoms with Gasteiger partial charge in [-0.2, -0.15) is 0 Å². The van der Waals surface area contributed by atoms with Gasteiger partial charge in [-0.3, -0.25) is 9.59 Å². The van der Waals surface area contributed by atoms with Gasteiger partial charge in [-0.25, -0.2) is 0 Å². The highest BCUT2D eigenvalue weighted by molar-refractivity contribution is 6.30. The molecule has 1 N–H and O–H groups in total. The Morgan fingerprint density at radius 1 is 1.11 bits per heavy atom. The fourth-order valence-electron chi connectivity index (χ4n) is 2.79. The molecule has 6 heteroatoms. The molecule has 2 rings (SSSR count). The van der Waals surface area contributed by atoms with Crippen LogP contribution in [0, 0.1) is 0 Å². The summed E-state index contributed by atoms with van der Waals surface area (Å²) in [7, 11) is 0. The van der Waals surface area contributed by atoms with Gasteiger partial charge < -0.3 is 15.0 Å². The van der Waals surface area contributed by atoms with E-state index >= 15 is 0 Å². The number of carbonyl (C=O) groups is 2. The Morgan fingerprint density at radius 3 is 2.43 bits per heavy atom. The smallest absolute Gasteiger partial charge is 0.261 e. The van der Waals surface area contributed by atoms with Crippen LogP contribution in [0.1, 0.15) is 31.9 Å². The van der Waals surface area contributed by atoms with Crippen LogP contribution in [0.2, 0.25) is 5.02 Å². The van der Waals surface area contributed by atoms with E-state index in [0.29, 0.717) is 17.3 Å². The first-order chi connectivity index (χ1) is 13.4. The monoisotopic (exact) mass is 402 g/mol. The van der Waals surface area contributed by atoms with E-state index in [1.54, 1.807) is 19.1 Å². The van der Waals surface area contributed by atoms with Gasteiger partial charge in [0, 0.05) is 18.1 Å². The zero-order valence-corrected chi connectivity index (χ0v) is 17.3. The average Bonchev–Trinajstić information content (AvgIpc) is 2.70. The highest BCUT2D eigenvalue weighted by Gasteiger charge is 2.26. The summed E-state index contributed by atoms with van der Waals surface area (Å²) in [5.41, 5.74) is 2.05. The molecule has 0 fully saturated rings. The lowest BCUT2D eigenvalue weighted by atomic mass is 10.1. The van der Waals surface area contributed by atoms with Crippen LogP contribution in [-0.2, 0) is 22.6 Å². The summed E-state index contributed by atoms with van der Waals surface area (Å²) in [5, 5.41) is 3.35. The molecule has 0 saturated carbocycles. The number of rotatable bonds is 9. The molecule has 0 spiro atoms. The largest absolute Gasteiger partial charge is 0.484 e. The number of aryl methyl sites for hydroxylation is 1. The molecule has 2 amide bonds. The van der Waals surface area contributed by atoms with Crippen molar-refractivity contribution in [1.82, 2.24) is 10.2 Å². The number of carbonyl (C=O) groups excluding carboxylic acids is 2. The molecule has 0 saturated heterocycles. The number of amides is 2. The summed E-state index contributed by atoms with van der Waals surface area (Å²) in [4.78, 5) is 26.7. The van der Waals surface area contributed by atoms with Crippen LogP contribution in [0.4, 0.5) is 0 Å². The third kappa shape index (κ3) is 6.27. The van der Waals surface area contributed by atoms with Gasteiger partial charge in [-0.1, -0.05) is 42.8 Å². The quantitative estimate of drug-likeness (QED) is 0.693. The maximum absolute atomic E-state index is 12.9. The Morgan fingerprint density at radius 2 is 1.82 bits per heavy atom. The minimum Gasteiger partial charge on any atom is -0.484 e. The molecule has 150 valence electrons. The Kier molecular flexibility index (Phi) is 8.33. The fourth-order valence-corrected chi connectivity index (χ4v) is 3.00. The zero-order valence-electron chi connectivity index (χ0n) is 16.6. The van der Waals surface area contributed by atoms with E-state index in [0.717, 1.165) is 12.0 Å². The molecular formula is C22H27ClN2O3. The van der Waals surface area contributed by atoms with Crippen molar-refractivity contribution in [2.45, 2.75) is 39.8 Å². The van der Waals surface area contributed by atoms with Crippen molar-refractivity contribution in [1.29, 1.82) is 0 Å². The summed E-state index contributed by atoms with van der Waals surface area (Å²) in [6, 6.07) is 14.3. The van der Waals surface area contributed by atoms with E-state index in [-0.39, 0.29) is 25.0 Å². The van der Waals surface area contributed by atoms with Crippen LogP contribution in [-0.4, -0.2) is 35.9 Å². The van der Waals surface area contributed by atoms with E-state index in [4.69, 9.17) is 16.3 Å². The maximum atomic E-state index is 12.9. The predicted molar refractivity (Wildman–Crippen MR) is 111 cm³/mol. The first-order valence-electron chi connectivity index (χ1n) is 9.48. The summed E-state index contributed by atoms with van der Waals surface area (Å²) in [6.45, 7) is 6.27. The first kappa shape index (κ1) is 21.8. The van der Waals surface area contributed by atoms with Crippen molar-refractivity contribution in [3.8, 4) is 5.75 Å². The molecule has 0 aliphatic carbocycles. The standard InChI is InChI=1S/C22H27ClN2O3/c1-4-17-9-11-20(12-10-17)28-15-21(26)25(16(3)22(27)24-5-2)14-18-7-6-8-19(23)13-18/h6-13,16H,4-5,14-15H2,1-3H3,(H,24,27)/t16-/m0/s1.